The van der Waals surface area contributed by atoms with E-state index in [1.54, 1.807) is 23.0 Å². The summed E-state index contributed by atoms with van der Waals surface area (Å²) >= 11 is 11.1. The Morgan fingerprint density at radius 1 is 1.43 bits per heavy atom. The summed E-state index contributed by atoms with van der Waals surface area (Å²) in [7, 11) is 0. The molecule has 23 heavy (non-hydrogen) atoms. The number of nitro benzene ring substituents is 1. The van der Waals surface area contributed by atoms with Crippen molar-refractivity contribution in [3.8, 4) is 0 Å². The van der Waals surface area contributed by atoms with Crippen LogP contribution in [-0.4, -0.2) is 26.4 Å². The summed E-state index contributed by atoms with van der Waals surface area (Å²) in [5, 5.41) is 22.0. The van der Waals surface area contributed by atoms with Crippen LogP contribution < -0.4 is 10.6 Å². The maximum atomic E-state index is 10.6. The predicted molar refractivity (Wildman–Crippen MR) is 93.9 cm³/mol. The number of non-ortho nitro benzene ring substituents is 1. The number of thiocarbonyl (C=S) groups is 1. The highest BCUT2D eigenvalue weighted by atomic mass is 35.5. The summed E-state index contributed by atoms with van der Waals surface area (Å²) in [4.78, 5) is 10.1. The average molecular weight is 354 g/mol. The van der Waals surface area contributed by atoms with Gasteiger partial charge in [-0.05, 0) is 37.7 Å². The summed E-state index contributed by atoms with van der Waals surface area (Å²) in [6.45, 7) is 3.27. The van der Waals surface area contributed by atoms with Crippen LogP contribution in [0.5, 0.6) is 0 Å². The molecule has 1 aromatic heterocycles. The molecule has 7 nitrogen and oxygen atoms in total. The van der Waals surface area contributed by atoms with E-state index in [0.717, 1.165) is 18.7 Å². The summed E-state index contributed by atoms with van der Waals surface area (Å²) in [5.41, 5.74) is 1.56. The number of aromatic nitrogens is 2. The molecule has 1 heterocycles. The molecule has 0 fully saturated rings. The number of halogens is 1. The fourth-order valence-electron chi connectivity index (χ4n) is 1.89. The van der Waals surface area contributed by atoms with E-state index in [1.807, 2.05) is 6.92 Å². The minimum Gasteiger partial charge on any atom is -0.362 e. The number of nitrogens with zero attached hydrogens (tertiary/aromatic N) is 3. The van der Waals surface area contributed by atoms with E-state index in [0.29, 0.717) is 22.4 Å². The standard InChI is InChI=1S/C14H16ClN5O2S/c1-10-13(15)9-19(18-10)8-2-7-16-14(23)17-11-3-5-12(6-4-11)20(21)22/h3-6,9H,2,7-8H2,1H3,(H2,16,17,23). The summed E-state index contributed by atoms with van der Waals surface area (Å²) in [6.07, 6.45) is 2.63. The first-order valence-electron chi connectivity index (χ1n) is 6.94. The molecular formula is C14H16ClN5O2S. The van der Waals surface area contributed by atoms with Crippen LogP contribution >= 0.6 is 23.8 Å². The van der Waals surface area contributed by atoms with Gasteiger partial charge in [0.15, 0.2) is 5.11 Å². The van der Waals surface area contributed by atoms with Crippen LogP contribution in [0.15, 0.2) is 30.5 Å². The largest absolute Gasteiger partial charge is 0.362 e. The molecule has 122 valence electrons. The van der Waals surface area contributed by atoms with Crippen molar-refractivity contribution in [3.05, 3.63) is 51.3 Å². The Kier molecular flexibility index (Phi) is 5.89. The third kappa shape index (κ3) is 5.19. The highest BCUT2D eigenvalue weighted by Crippen LogP contribution is 2.15. The van der Waals surface area contributed by atoms with E-state index >= 15 is 0 Å². The van der Waals surface area contributed by atoms with Crippen molar-refractivity contribution >= 4 is 40.3 Å². The molecule has 0 saturated carbocycles. The van der Waals surface area contributed by atoms with Crippen LogP contribution in [0.2, 0.25) is 5.02 Å². The number of aryl methyl sites for hydroxylation is 2. The Bertz CT molecular complexity index is 682. The van der Waals surface area contributed by atoms with Crippen molar-refractivity contribution in [2.24, 2.45) is 0 Å². The van der Waals surface area contributed by atoms with E-state index in [2.05, 4.69) is 15.7 Å². The molecule has 0 unspecified atom stereocenters. The molecule has 0 spiro atoms. The first-order chi connectivity index (χ1) is 11.0. The summed E-state index contributed by atoms with van der Waals surface area (Å²) < 4.78 is 1.80. The number of rotatable bonds is 6. The molecule has 9 heteroatoms. The van der Waals surface area contributed by atoms with Gasteiger partial charge in [-0.1, -0.05) is 11.6 Å². The normalized spacial score (nSPS) is 10.3. The van der Waals surface area contributed by atoms with Crippen molar-refractivity contribution in [2.45, 2.75) is 19.9 Å². The maximum Gasteiger partial charge on any atom is 0.269 e. The first kappa shape index (κ1) is 17.2. The van der Waals surface area contributed by atoms with Gasteiger partial charge >= 0.3 is 0 Å². The van der Waals surface area contributed by atoms with Gasteiger partial charge in [-0.3, -0.25) is 14.8 Å². The van der Waals surface area contributed by atoms with E-state index < -0.39 is 4.92 Å². The molecule has 0 amide bonds. The van der Waals surface area contributed by atoms with Crippen molar-refractivity contribution in [1.29, 1.82) is 0 Å². The van der Waals surface area contributed by atoms with Crippen LogP contribution in [0.3, 0.4) is 0 Å². The van der Waals surface area contributed by atoms with Gasteiger partial charge in [0.25, 0.3) is 5.69 Å². The van der Waals surface area contributed by atoms with Crippen LogP contribution in [-0.2, 0) is 6.54 Å². The number of anilines is 1. The molecule has 0 saturated heterocycles. The number of nitrogens with one attached hydrogen (secondary N) is 2. The Balaban J connectivity index is 1.71. The predicted octanol–water partition coefficient (Wildman–Crippen LogP) is 3.13. The van der Waals surface area contributed by atoms with Gasteiger partial charge in [0.1, 0.15) is 0 Å². The molecule has 0 aliphatic heterocycles. The first-order valence-corrected chi connectivity index (χ1v) is 7.73. The minimum atomic E-state index is -0.441. The Labute approximate surface area is 143 Å². The van der Waals surface area contributed by atoms with Gasteiger partial charge in [0, 0.05) is 37.1 Å². The molecule has 2 N–H and O–H groups in total. The Morgan fingerprint density at radius 2 is 2.13 bits per heavy atom. The highest BCUT2D eigenvalue weighted by molar-refractivity contribution is 7.80. The van der Waals surface area contributed by atoms with E-state index in [9.17, 15) is 10.1 Å². The van der Waals surface area contributed by atoms with Crippen LogP contribution in [0.1, 0.15) is 12.1 Å². The maximum absolute atomic E-state index is 10.6. The lowest BCUT2D eigenvalue weighted by atomic mass is 10.3. The van der Waals surface area contributed by atoms with E-state index in [4.69, 9.17) is 23.8 Å². The van der Waals surface area contributed by atoms with Crippen molar-refractivity contribution < 1.29 is 4.92 Å². The summed E-state index contributed by atoms with van der Waals surface area (Å²) in [5.74, 6) is 0. The molecule has 0 bridgehead atoms. The summed E-state index contributed by atoms with van der Waals surface area (Å²) in [6, 6.07) is 6.07. The second kappa shape index (κ2) is 7.89. The van der Waals surface area contributed by atoms with E-state index in [1.165, 1.54) is 12.1 Å². The van der Waals surface area contributed by atoms with Gasteiger partial charge in [-0.25, -0.2) is 0 Å². The molecule has 0 radical (unpaired) electrons. The molecule has 1 aromatic carbocycles. The van der Waals surface area contributed by atoms with Gasteiger partial charge in [-0.2, -0.15) is 5.10 Å². The zero-order chi connectivity index (χ0) is 16.8. The number of nitro groups is 1. The smallest absolute Gasteiger partial charge is 0.269 e. The zero-order valence-corrected chi connectivity index (χ0v) is 14.0. The lowest BCUT2D eigenvalue weighted by molar-refractivity contribution is -0.384. The fourth-order valence-corrected chi connectivity index (χ4v) is 2.26. The Hall–Kier alpha value is -2.19. The van der Waals surface area contributed by atoms with Crippen molar-refractivity contribution in [2.75, 3.05) is 11.9 Å². The van der Waals surface area contributed by atoms with Crippen molar-refractivity contribution in [3.63, 3.8) is 0 Å². The number of benzene rings is 1. The third-order valence-corrected chi connectivity index (χ3v) is 3.69. The van der Waals surface area contributed by atoms with Crippen LogP contribution in [0, 0.1) is 17.0 Å². The van der Waals surface area contributed by atoms with Crippen molar-refractivity contribution in [1.82, 2.24) is 15.1 Å². The highest BCUT2D eigenvalue weighted by Gasteiger charge is 2.05. The Morgan fingerprint density at radius 3 is 2.70 bits per heavy atom. The van der Waals surface area contributed by atoms with Gasteiger partial charge in [-0.15, -0.1) is 0 Å². The molecular weight excluding hydrogens is 338 g/mol. The number of hydrogen-bond donors (Lipinski definition) is 2. The average Bonchev–Trinajstić information content (AvgIpc) is 2.83. The minimum absolute atomic E-state index is 0.0441. The van der Waals surface area contributed by atoms with Crippen LogP contribution in [0.25, 0.3) is 0 Å². The third-order valence-electron chi connectivity index (χ3n) is 3.07. The van der Waals surface area contributed by atoms with Gasteiger partial charge < -0.3 is 10.6 Å². The SMILES string of the molecule is Cc1nn(CCCNC(=S)Nc2ccc([N+](=O)[O-])cc2)cc1Cl. The zero-order valence-electron chi connectivity index (χ0n) is 12.5. The van der Waals surface area contributed by atoms with Crippen LogP contribution in [0.4, 0.5) is 11.4 Å². The molecule has 0 aliphatic rings. The molecule has 0 atom stereocenters. The quantitative estimate of drug-likeness (QED) is 0.359. The second-order valence-electron chi connectivity index (χ2n) is 4.86. The second-order valence-corrected chi connectivity index (χ2v) is 5.68. The lowest BCUT2D eigenvalue weighted by Gasteiger charge is -2.10. The van der Waals surface area contributed by atoms with Gasteiger partial charge in [0.2, 0.25) is 0 Å². The van der Waals surface area contributed by atoms with E-state index in [-0.39, 0.29) is 5.69 Å². The fraction of sp³-hybridized carbons (Fsp3) is 0.286. The molecule has 2 aromatic rings. The lowest BCUT2D eigenvalue weighted by Crippen LogP contribution is -2.29. The monoisotopic (exact) mass is 353 g/mol. The molecule has 2 rings (SSSR count). The topological polar surface area (TPSA) is 85.0 Å². The van der Waals surface area contributed by atoms with Gasteiger partial charge in [0.05, 0.1) is 15.6 Å². The molecule has 0 aliphatic carbocycles. The number of hydrogen-bond acceptors (Lipinski definition) is 4.